The van der Waals surface area contributed by atoms with Crippen molar-refractivity contribution >= 4 is 0 Å². The molecule has 0 aromatic carbocycles. The van der Waals surface area contributed by atoms with E-state index in [1.165, 1.54) is 25.9 Å². The largest absolute Gasteiger partial charge is 0.313 e. The minimum atomic E-state index is 0.533. The van der Waals surface area contributed by atoms with Crippen LogP contribution in [0, 0.1) is 5.41 Å². The SMILES string of the molecule is CCC(CNC(C)C)N1CCC(C)(C)C1. The van der Waals surface area contributed by atoms with Crippen LogP contribution in [0.25, 0.3) is 0 Å². The van der Waals surface area contributed by atoms with Gasteiger partial charge in [-0.15, -0.1) is 0 Å². The maximum Gasteiger partial charge on any atom is 0.0218 e. The Morgan fingerprint density at radius 1 is 1.33 bits per heavy atom. The lowest BCUT2D eigenvalue weighted by molar-refractivity contribution is 0.204. The molecule has 1 aliphatic heterocycles. The fraction of sp³-hybridized carbons (Fsp3) is 1.00. The van der Waals surface area contributed by atoms with Gasteiger partial charge in [-0.2, -0.15) is 0 Å². The summed E-state index contributed by atoms with van der Waals surface area (Å²) >= 11 is 0. The monoisotopic (exact) mass is 212 g/mol. The zero-order valence-corrected chi connectivity index (χ0v) is 11.1. The van der Waals surface area contributed by atoms with Crippen LogP contribution in [-0.4, -0.2) is 36.6 Å². The number of nitrogens with one attached hydrogen (secondary N) is 1. The Balaban J connectivity index is 2.39. The first kappa shape index (κ1) is 13.0. The smallest absolute Gasteiger partial charge is 0.0218 e. The first-order chi connectivity index (χ1) is 6.94. The van der Waals surface area contributed by atoms with Gasteiger partial charge in [-0.25, -0.2) is 0 Å². The Morgan fingerprint density at radius 3 is 2.40 bits per heavy atom. The fourth-order valence-corrected chi connectivity index (χ4v) is 2.37. The number of likely N-dealkylation sites (tertiary alicyclic amines) is 1. The third kappa shape index (κ3) is 4.12. The van der Waals surface area contributed by atoms with E-state index in [9.17, 15) is 0 Å². The van der Waals surface area contributed by atoms with Crippen molar-refractivity contribution < 1.29 is 0 Å². The lowest BCUT2D eigenvalue weighted by Crippen LogP contribution is -2.43. The van der Waals surface area contributed by atoms with Crippen LogP contribution in [-0.2, 0) is 0 Å². The molecule has 15 heavy (non-hydrogen) atoms. The van der Waals surface area contributed by atoms with Crippen molar-refractivity contribution in [2.45, 2.75) is 59.5 Å². The van der Waals surface area contributed by atoms with Crippen LogP contribution < -0.4 is 5.32 Å². The van der Waals surface area contributed by atoms with Crippen molar-refractivity contribution in [1.29, 1.82) is 0 Å². The minimum Gasteiger partial charge on any atom is -0.313 e. The molecule has 0 radical (unpaired) electrons. The van der Waals surface area contributed by atoms with Gasteiger partial charge < -0.3 is 5.32 Å². The molecular weight excluding hydrogens is 184 g/mol. The summed E-state index contributed by atoms with van der Waals surface area (Å²) in [5, 5.41) is 3.56. The second-order valence-electron chi connectivity index (χ2n) is 6.01. The highest BCUT2D eigenvalue weighted by Gasteiger charge is 2.32. The second kappa shape index (κ2) is 5.31. The lowest BCUT2D eigenvalue weighted by atomic mass is 9.93. The van der Waals surface area contributed by atoms with E-state index in [1.807, 2.05) is 0 Å². The molecule has 1 heterocycles. The average Bonchev–Trinajstić information content (AvgIpc) is 2.47. The molecule has 1 aliphatic rings. The van der Waals surface area contributed by atoms with Crippen LogP contribution in [0.2, 0.25) is 0 Å². The van der Waals surface area contributed by atoms with Crippen LogP contribution in [0.15, 0.2) is 0 Å². The highest BCUT2D eigenvalue weighted by Crippen LogP contribution is 2.30. The number of hydrogen-bond acceptors (Lipinski definition) is 2. The predicted octanol–water partition coefficient (Wildman–Crippen LogP) is 2.49. The van der Waals surface area contributed by atoms with E-state index < -0.39 is 0 Å². The quantitative estimate of drug-likeness (QED) is 0.753. The Bertz CT molecular complexity index is 187. The van der Waals surface area contributed by atoms with Gasteiger partial charge in [-0.3, -0.25) is 4.90 Å². The molecule has 0 bridgehead atoms. The van der Waals surface area contributed by atoms with Crippen molar-refractivity contribution in [2.24, 2.45) is 5.41 Å². The topological polar surface area (TPSA) is 15.3 Å². The fourth-order valence-electron chi connectivity index (χ4n) is 2.37. The molecule has 0 aromatic rings. The molecule has 1 rings (SSSR count). The predicted molar refractivity (Wildman–Crippen MR) is 67.2 cm³/mol. The van der Waals surface area contributed by atoms with Crippen molar-refractivity contribution in [1.82, 2.24) is 10.2 Å². The maximum atomic E-state index is 3.56. The van der Waals surface area contributed by atoms with E-state index in [0.717, 1.165) is 12.6 Å². The van der Waals surface area contributed by atoms with E-state index in [0.29, 0.717) is 11.5 Å². The molecule has 1 unspecified atom stereocenters. The van der Waals surface area contributed by atoms with E-state index in [1.54, 1.807) is 0 Å². The highest BCUT2D eigenvalue weighted by molar-refractivity contribution is 4.87. The number of rotatable bonds is 5. The summed E-state index contributed by atoms with van der Waals surface area (Å²) in [5.41, 5.74) is 0.533. The van der Waals surface area contributed by atoms with E-state index >= 15 is 0 Å². The molecule has 2 heteroatoms. The standard InChI is InChI=1S/C13H28N2/c1-6-12(9-14-11(2)3)15-8-7-13(4,5)10-15/h11-12,14H,6-10H2,1-5H3. The van der Waals surface area contributed by atoms with Gasteiger partial charge in [0.15, 0.2) is 0 Å². The first-order valence-corrected chi connectivity index (χ1v) is 6.42. The first-order valence-electron chi connectivity index (χ1n) is 6.42. The van der Waals surface area contributed by atoms with E-state index in [4.69, 9.17) is 0 Å². The summed E-state index contributed by atoms with van der Waals surface area (Å²) in [4.78, 5) is 2.66. The third-order valence-corrected chi connectivity index (χ3v) is 3.46. The van der Waals surface area contributed by atoms with E-state index in [2.05, 4.69) is 44.8 Å². The molecule has 1 saturated heterocycles. The Morgan fingerprint density at radius 2 is 2.00 bits per heavy atom. The van der Waals surface area contributed by atoms with Gasteiger partial charge in [-0.1, -0.05) is 34.6 Å². The summed E-state index contributed by atoms with van der Waals surface area (Å²) in [6.45, 7) is 15.2. The molecule has 0 amide bonds. The molecular formula is C13H28N2. The van der Waals surface area contributed by atoms with Gasteiger partial charge in [0.2, 0.25) is 0 Å². The van der Waals surface area contributed by atoms with Gasteiger partial charge in [0.05, 0.1) is 0 Å². The van der Waals surface area contributed by atoms with Crippen LogP contribution in [0.3, 0.4) is 0 Å². The van der Waals surface area contributed by atoms with E-state index in [-0.39, 0.29) is 0 Å². The maximum absolute atomic E-state index is 3.56. The number of nitrogens with zero attached hydrogens (tertiary/aromatic N) is 1. The van der Waals surface area contributed by atoms with Crippen molar-refractivity contribution in [3.8, 4) is 0 Å². The molecule has 1 fully saturated rings. The van der Waals surface area contributed by atoms with Gasteiger partial charge in [0, 0.05) is 25.2 Å². The molecule has 0 spiro atoms. The minimum absolute atomic E-state index is 0.533. The van der Waals surface area contributed by atoms with Crippen LogP contribution >= 0.6 is 0 Å². The van der Waals surface area contributed by atoms with Crippen LogP contribution in [0.4, 0.5) is 0 Å². The van der Waals surface area contributed by atoms with Gasteiger partial charge in [0.25, 0.3) is 0 Å². The summed E-state index contributed by atoms with van der Waals surface area (Å²) in [6, 6.07) is 1.34. The Kier molecular flexibility index (Phi) is 4.60. The third-order valence-electron chi connectivity index (χ3n) is 3.46. The zero-order chi connectivity index (χ0) is 11.5. The number of hydrogen-bond donors (Lipinski definition) is 1. The van der Waals surface area contributed by atoms with Gasteiger partial charge in [0.1, 0.15) is 0 Å². The van der Waals surface area contributed by atoms with Crippen molar-refractivity contribution in [3.63, 3.8) is 0 Å². The van der Waals surface area contributed by atoms with Crippen LogP contribution in [0.1, 0.15) is 47.5 Å². The molecule has 1 atom stereocenters. The summed E-state index contributed by atoms with van der Waals surface area (Å²) in [6.07, 6.45) is 2.61. The molecule has 0 aliphatic carbocycles. The van der Waals surface area contributed by atoms with Gasteiger partial charge >= 0.3 is 0 Å². The molecule has 90 valence electrons. The summed E-state index contributed by atoms with van der Waals surface area (Å²) in [5.74, 6) is 0. The molecule has 2 nitrogen and oxygen atoms in total. The normalized spacial score (nSPS) is 23.6. The lowest BCUT2D eigenvalue weighted by Gasteiger charge is -2.29. The van der Waals surface area contributed by atoms with Crippen molar-refractivity contribution in [2.75, 3.05) is 19.6 Å². The Hall–Kier alpha value is -0.0800. The average molecular weight is 212 g/mol. The summed E-state index contributed by atoms with van der Waals surface area (Å²) < 4.78 is 0. The van der Waals surface area contributed by atoms with Crippen molar-refractivity contribution in [3.05, 3.63) is 0 Å². The molecule has 1 N–H and O–H groups in total. The summed E-state index contributed by atoms with van der Waals surface area (Å²) in [7, 11) is 0. The molecule has 0 aromatic heterocycles. The van der Waals surface area contributed by atoms with Gasteiger partial charge in [-0.05, 0) is 24.8 Å². The zero-order valence-electron chi connectivity index (χ0n) is 11.1. The highest BCUT2D eigenvalue weighted by atomic mass is 15.2. The second-order valence-corrected chi connectivity index (χ2v) is 6.01. The Labute approximate surface area is 95.4 Å². The van der Waals surface area contributed by atoms with Crippen LogP contribution in [0.5, 0.6) is 0 Å². The molecule has 0 saturated carbocycles.